The monoisotopic (exact) mass is 561 g/mol. The van der Waals surface area contributed by atoms with Gasteiger partial charge in [-0.15, -0.1) is 0 Å². The van der Waals surface area contributed by atoms with Crippen LogP contribution in [0.4, 0.5) is 23.0 Å². The van der Waals surface area contributed by atoms with E-state index in [1.165, 1.54) is 37.7 Å². The first-order valence-corrected chi connectivity index (χ1v) is 14.8. The lowest BCUT2D eigenvalue weighted by molar-refractivity contribution is -0.126. The first kappa shape index (κ1) is 28.8. The summed E-state index contributed by atoms with van der Waals surface area (Å²) in [4.78, 5) is 45.2. The van der Waals surface area contributed by atoms with Gasteiger partial charge in [-0.2, -0.15) is 0 Å². The average Bonchev–Trinajstić information content (AvgIpc) is 3.01. The van der Waals surface area contributed by atoms with E-state index >= 15 is 0 Å². The van der Waals surface area contributed by atoms with Crippen LogP contribution in [0.1, 0.15) is 35.9 Å². The van der Waals surface area contributed by atoms with Gasteiger partial charge >= 0.3 is 0 Å². The molecule has 3 saturated heterocycles. The van der Waals surface area contributed by atoms with E-state index in [1.807, 2.05) is 19.1 Å². The lowest BCUT2D eigenvalue weighted by Gasteiger charge is -2.42. The molecule has 0 radical (unpaired) electrons. The zero-order valence-electron chi connectivity index (χ0n) is 24.4. The van der Waals surface area contributed by atoms with Gasteiger partial charge in [0, 0.05) is 69.8 Å². The third-order valence-electron chi connectivity index (χ3n) is 8.59. The highest BCUT2D eigenvalue weighted by Gasteiger charge is 2.27. The second-order valence-electron chi connectivity index (χ2n) is 11.2. The maximum Gasteiger partial charge on any atom is 0.271 e. The van der Waals surface area contributed by atoms with Gasteiger partial charge in [-0.3, -0.25) is 14.5 Å². The maximum absolute atomic E-state index is 12.3. The summed E-state index contributed by atoms with van der Waals surface area (Å²) in [5.74, 6) is 0.362. The normalized spacial score (nSPS) is 19.3. The number of carbonyl (C=O) groups excluding carboxylic acids is 2. The summed E-state index contributed by atoms with van der Waals surface area (Å²) in [5, 5.41) is 3.29. The number of piperidine rings is 1. The smallest absolute Gasteiger partial charge is 0.271 e. The molecule has 220 valence electrons. The molecule has 3 N–H and O–H groups in total. The Kier molecular flexibility index (Phi) is 9.04. The van der Waals surface area contributed by atoms with Crippen LogP contribution in [0.15, 0.2) is 36.9 Å². The van der Waals surface area contributed by atoms with Gasteiger partial charge in [-0.25, -0.2) is 9.97 Å². The first-order chi connectivity index (χ1) is 19.9. The molecule has 0 aliphatic carbocycles. The molecule has 11 nitrogen and oxygen atoms in total. The molecule has 1 aromatic carbocycles. The molecule has 0 unspecified atom stereocenters. The van der Waals surface area contributed by atoms with Crippen molar-refractivity contribution < 1.29 is 9.59 Å². The maximum atomic E-state index is 12.3. The minimum atomic E-state index is -0.623. The fraction of sp³-hybridized carbons (Fsp3) is 0.533. The number of aromatic nitrogens is 2. The van der Waals surface area contributed by atoms with Crippen molar-refractivity contribution >= 4 is 34.8 Å². The molecule has 2 amide bonds. The third kappa shape index (κ3) is 6.62. The molecule has 3 fully saturated rings. The standard InChI is InChI=1S/C30H43N9O2/c1-4-25-30(39-20-18-38(19-21-39)26(40)5-2)34-29(27(33-25)28(31)41)32-22-6-8-23(9-7-22)36-14-16-37(17-15-36)24-10-12-35(3)13-11-24/h5-9,24H,2,4,10-21H2,1,3H3,(H2,31,41)(H,32,34). The second-order valence-corrected chi connectivity index (χ2v) is 11.2. The van der Waals surface area contributed by atoms with E-state index in [4.69, 9.17) is 10.7 Å². The number of hydrogen-bond acceptors (Lipinski definition) is 9. The van der Waals surface area contributed by atoms with Crippen molar-refractivity contribution in [1.82, 2.24) is 24.7 Å². The van der Waals surface area contributed by atoms with E-state index in [9.17, 15) is 9.59 Å². The van der Waals surface area contributed by atoms with Crippen molar-refractivity contribution in [2.75, 3.05) is 87.6 Å². The van der Waals surface area contributed by atoms with Crippen LogP contribution in [0.3, 0.4) is 0 Å². The van der Waals surface area contributed by atoms with Crippen LogP contribution in [0.5, 0.6) is 0 Å². The number of benzene rings is 1. The summed E-state index contributed by atoms with van der Waals surface area (Å²) in [6.07, 6.45) is 4.48. The Balaban J connectivity index is 1.26. The second kappa shape index (κ2) is 12.9. The quantitative estimate of drug-likeness (QED) is 0.467. The van der Waals surface area contributed by atoms with Gasteiger partial charge < -0.3 is 30.7 Å². The topological polar surface area (TPSA) is 114 Å². The zero-order chi connectivity index (χ0) is 28.9. The highest BCUT2D eigenvalue weighted by Crippen LogP contribution is 2.28. The fourth-order valence-electron chi connectivity index (χ4n) is 6.08. The molecule has 41 heavy (non-hydrogen) atoms. The number of piperazine rings is 2. The van der Waals surface area contributed by atoms with Crippen LogP contribution in [-0.2, 0) is 11.2 Å². The van der Waals surface area contributed by atoms with Crippen molar-refractivity contribution in [1.29, 1.82) is 0 Å². The van der Waals surface area contributed by atoms with Gasteiger partial charge in [0.05, 0.1) is 5.69 Å². The Hall–Kier alpha value is -3.70. The van der Waals surface area contributed by atoms with Crippen molar-refractivity contribution in [3.8, 4) is 0 Å². The third-order valence-corrected chi connectivity index (χ3v) is 8.59. The van der Waals surface area contributed by atoms with Crippen LogP contribution < -0.4 is 20.9 Å². The Morgan fingerprint density at radius 3 is 2.17 bits per heavy atom. The predicted octanol–water partition coefficient (Wildman–Crippen LogP) is 1.93. The molecule has 3 aliphatic rings. The molecule has 11 heteroatoms. The molecule has 3 aliphatic heterocycles. The number of nitrogens with one attached hydrogen (secondary N) is 1. The van der Waals surface area contributed by atoms with Gasteiger partial charge in [0.1, 0.15) is 0 Å². The van der Waals surface area contributed by atoms with Crippen LogP contribution >= 0.6 is 0 Å². The number of hydrogen-bond donors (Lipinski definition) is 2. The fourth-order valence-corrected chi connectivity index (χ4v) is 6.08. The number of likely N-dealkylation sites (tertiary alicyclic amines) is 1. The SMILES string of the molecule is C=CC(=O)N1CCN(c2nc(Nc3ccc(N4CCN(C5CCN(C)CC5)CC4)cc3)c(C(N)=O)nc2CC)CC1. The number of aryl methyl sites for hydroxylation is 1. The molecular formula is C30H43N9O2. The largest absolute Gasteiger partial charge is 0.369 e. The number of nitrogens with two attached hydrogens (primary N) is 1. The summed E-state index contributed by atoms with van der Waals surface area (Å²) >= 11 is 0. The van der Waals surface area contributed by atoms with Gasteiger partial charge in [0.2, 0.25) is 5.91 Å². The highest BCUT2D eigenvalue weighted by atomic mass is 16.2. The highest BCUT2D eigenvalue weighted by molar-refractivity contribution is 5.96. The summed E-state index contributed by atoms with van der Waals surface area (Å²) in [7, 11) is 2.21. The molecule has 1 aromatic heterocycles. The van der Waals surface area contributed by atoms with E-state index in [0.717, 1.165) is 31.9 Å². The lowest BCUT2D eigenvalue weighted by atomic mass is 10.0. The summed E-state index contributed by atoms with van der Waals surface area (Å²) < 4.78 is 0. The summed E-state index contributed by atoms with van der Waals surface area (Å²) in [6.45, 7) is 14.6. The number of nitrogens with zero attached hydrogens (tertiary/aromatic N) is 7. The van der Waals surface area contributed by atoms with E-state index in [-0.39, 0.29) is 11.6 Å². The summed E-state index contributed by atoms with van der Waals surface area (Å²) in [5.41, 5.74) is 8.56. The molecular weight excluding hydrogens is 518 g/mol. The molecule has 4 heterocycles. The van der Waals surface area contributed by atoms with Crippen LogP contribution in [0.2, 0.25) is 0 Å². The van der Waals surface area contributed by atoms with E-state index in [2.05, 4.69) is 55.7 Å². The van der Waals surface area contributed by atoms with Crippen LogP contribution in [-0.4, -0.2) is 115 Å². The molecule has 2 aromatic rings. The van der Waals surface area contributed by atoms with Crippen LogP contribution in [0.25, 0.3) is 0 Å². The number of amides is 2. The van der Waals surface area contributed by atoms with Crippen LogP contribution in [0, 0.1) is 0 Å². The minimum absolute atomic E-state index is 0.0690. The Bertz CT molecular complexity index is 1230. The predicted molar refractivity (Wildman–Crippen MR) is 163 cm³/mol. The van der Waals surface area contributed by atoms with Crippen molar-refractivity contribution in [3.63, 3.8) is 0 Å². The lowest BCUT2D eigenvalue weighted by Crippen LogP contribution is -2.53. The number of primary amides is 1. The Morgan fingerprint density at radius 2 is 1.59 bits per heavy atom. The molecule has 5 rings (SSSR count). The average molecular weight is 562 g/mol. The minimum Gasteiger partial charge on any atom is -0.369 e. The first-order valence-electron chi connectivity index (χ1n) is 14.8. The van der Waals surface area contributed by atoms with Gasteiger partial charge in [0.25, 0.3) is 5.91 Å². The summed E-state index contributed by atoms with van der Waals surface area (Å²) in [6, 6.07) is 8.96. The van der Waals surface area contributed by atoms with Crippen molar-refractivity contribution in [2.45, 2.75) is 32.2 Å². The van der Waals surface area contributed by atoms with Gasteiger partial charge in [0.15, 0.2) is 17.3 Å². The molecule has 0 saturated carbocycles. The number of anilines is 4. The van der Waals surface area contributed by atoms with Crippen molar-refractivity contribution in [3.05, 3.63) is 48.3 Å². The number of carbonyl (C=O) groups is 2. The molecule has 0 atom stereocenters. The zero-order valence-corrected chi connectivity index (χ0v) is 24.4. The Labute approximate surface area is 243 Å². The van der Waals surface area contributed by atoms with E-state index < -0.39 is 5.91 Å². The molecule has 0 bridgehead atoms. The number of rotatable bonds is 8. The Morgan fingerprint density at radius 1 is 0.951 bits per heavy atom. The van der Waals surface area contributed by atoms with E-state index in [0.29, 0.717) is 56.0 Å². The molecule has 0 spiro atoms. The van der Waals surface area contributed by atoms with Crippen molar-refractivity contribution in [2.24, 2.45) is 5.73 Å². The van der Waals surface area contributed by atoms with E-state index in [1.54, 1.807) is 4.90 Å². The van der Waals surface area contributed by atoms with Gasteiger partial charge in [-0.05, 0) is 69.7 Å². The van der Waals surface area contributed by atoms with Gasteiger partial charge in [-0.1, -0.05) is 13.5 Å².